The summed E-state index contributed by atoms with van der Waals surface area (Å²) in [7, 11) is 0. The minimum Gasteiger partial charge on any atom is -0.368 e. The molecule has 1 saturated heterocycles. The van der Waals surface area contributed by atoms with Crippen molar-refractivity contribution in [1.29, 1.82) is 0 Å². The standard InChI is InChI=1S/C18H22FN5O/c1-13-10-21-24(12-13)15-4-7-20-11-16(15)23-8-5-18(19,6-9-23)17(25)22-14-2-3-14/h4,7,10-12,14H,2-3,5-6,8-9H2,1H3,(H,22,25). The highest BCUT2D eigenvalue weighted by atomic mass is 19.1. The number of aromatic nitrogens is 3. The SMILES string of the molecule is Cc1cnn(-c2ccncc2N2CCC(F)(C(=O)NC3CC3)CC2)c1. The third kappa shape index (κ3) is 3.23. The van der Waals surface area contributed by atoms with E-state index in [4.69, 9.17) is 0 Å². The Labute approximate surface area is 146 Å². The molecule has 0 aromatic carbocycles. The van der Waals surface area contributed by atoms with E-state index in [1.165, 1.54) is 0 Å². The van der Waals surface area contributed by atoms with E-state index in [9.17, 15) is 9.18 Å². The lowest BCUT2D eigenvalue weighted by Gasteiger charge is -2.37. The molecule has 2 fully saturated rings. The summed E-state index contributed by atoms with van der Waals surface area (Å²) >= 11 is 0. The second-order valence-corrected chi connectivity index (χ2v) is 7.03. The molecule has 1 amide bonds. The average molecular weight is 343 g/mol. The molecule has 1 aliphatic carbocycles. The summed E-state index contributed by atoms with van der Waals surface area (Å²) in [6.45, 7) is 2.95. The van der Waals surface area contributed by atoms with Gasteiger partial charge < -0.3 is 10.2 Å². The number of aryl methyl sites for hydroxylation is 1. The molecule has 7 heteroatoms. The molecule has 0 atom stereocenters. The number of alkyl halides is 1. The van der Waals surface area contributed by atoms with Gasteiger partial charge in [-0.2, -0.15) is 5.10 Å². The van der Waals surface area contributed by atoms with Crippen molar-refractivity contribution in [3.8, 4) is 5.69 Å². The summed E-state index contributed by atoms with van der Waals surface area (Å²) in [4.78, 5) is 18.5. The van der Waals surface area contributed by atoms with Crippen LogP contribution in [0.4, 0.5) is 10.1 Å². The van der Waals surface area contributed by atoms with E-state index in [-0.39, 0.29) is 18.9 Å². The van der Waals surface area contributed by atoms with Gasteiger partial charge in [-0.05, 0) is 31.4 Å². The fourth-order valence-electron chi connectivity index (χ4n) is 3.23. The molecule has 2 aromatic heterocycles. The summed E-state index contributed by atoms with van der Waals surface area (Å²) in [5.41, 5.74) is 1.14. The number of nitrogens with zero attached hydrogens (tertiary/aromatic N) is 4. The Kier molecular flexibility index (Phi) is 3.94. The van der Waals surface area contributed by atoms with Crippen LogP contribution in [0.1, 0.15) is 31.2 Å². The molecule has 1 saturated carbocycles. The number of piperidine rings is 1. The summed E-state index contributed by atoms with van der Waals surface area (Å²) in [5.74, 6) is -0.441. The van der Waals surface area contributed by atoms with Crippen LogP contribution in [-0.4, -0.2) is 45.5 Å². The minimum absolute atomic E-state index is 0.186. The lowest BCUT2D eigenvalue weighted by Crippen LogP contribution is -2.51. The van der Waals surface area contributed by atoms with Gasteiger partial charge in [0.05, 0.1) is 23.8 Å². The highest BCUT2D eigenvalue weighted by molar-refractivity contribution is 5.86. The molecule has 2 aromatic rings. The number of anilines is 1. The Morgan fingerprint density at radius 3 is 2.68 bits per heavy atom. The fourth-order valence-corrected chi connectivity index (χ4v) is 3.23. The molecule has 0 unspecified atom stereocenters. The first-order valence-corrected chi connectivity index (χ1v) is 8.76. The van der Waals surface area contributed by atoms with Gasteiger partial charge in [0.25, 0.3) is 5.91 Å². The molecule has 132 valence electrons. The maximum absolute atomic E-state index is 15.0. The zero-order valence-electron chi connectivity index (χ0n) is 14.3. The van der Waals surface area contributed by atoms with E-state index in [1.807, 2.05) is 23.9 Å². The zero-order valence-corrected chi connectivity index (χ0v) is 14.3. The maximum atomic E-state index is 15.0. The van der Waals surface area contributed by atoms with Crippen molar-refractivity contribution < 1.29 is 9.18 Å². The Morgan fingerprint density at radius 2 is 2.04 bits per heavy atom. The molecular formula is C18H22FN5O. The van der Waals surface area contributed by atoms with Gasteiger partial charge in [0.2, 0.25) is 0 Å². The van der Waals surface area contributed by atoms with E-state index in [0.717, 1.165) is 29.8 Å². The maximum Gasteiger partial charge on any atom is 0.258 e. The van der Waals surface area contributed by atoms with Gasteiger partial charge in [-0.3, -0.25) is 9.78 Å². The second kappa shape index (κ2) is 6.13. The lowest BCUT2D eigenvalue weighted by molar-refractivity contribution is -0.134. The van der Waals surface area contributed by atoms with Crippen molar-refractivity contribution in [3.05, 3.63) is 36.4 Å². The van der Waals surface area contributed by atoms with Crippen LogP contribution in [-0.2, 0) is 4.79 Å². The topological polar surface area (TPSA) is 63.1 Å². The minimum atomic E-state index is -1.76. The van der Waals surface area contributed by atoms with Gasteiger partial charge >= 0.3 is 0 Å². The van der Waals surface area contributed by atoms with Gasteiger partial charge in [-0.25, -0.2) is 9.07 Å². The van der Waals surface area contributed by atoms with Crippen molar-refractivity contribution in [2.45, 2.75) is 44.3 Å². The third-order valence-corrected chi connectivity index (χ3v) is 4.95. The molecule has 0 spiro atoms. The first-order valence-electron chi connectivity index (χ1n) is 8.76. The molecule has 1 N–H and O–H groups in total. The number of carbonyl (C=O) groups is 1. The van der Waals surface area contributed by atoms with Crippen LogP contribution < -0.4 is 10.2 Å². The van der Waals surface area contributed by atoms with Gasteiger partial charge in [0.15, 0.2) is 5.67 Å². The van der Waals surface area contributed by atoms with Crippen molar-refractivity contribution in [2.24, 2.45) is 0 Å². The van der Waals surface area contributed by atoms with Crippen LogP contribution >= 0.6 is 0 Å². The Hall–Kier alpha value is -2.44. The molecule has 25 heavy (non-hydrogen) atoms. The van der Waals surface area contributed by atoms with Crippen LogP contribution in [0.2, 0.25) is 0 Å². The summed E-state index contributed by atoms with van der Waals surface area (Å²) in [6.07, 6.45) is 9.58. The van der Waals surface area contributed by atoms with Crippen LogP contribution in [0.25, 0.3) is 5.69 Å². The smallest absolute Gasteiger partial charge is 0.258 e. The third-order valence-electron chi connectivity index (χ3n) is 4.95. The molecule has 0 radical (unpaired) electrons. The largest absolute Gasteiger partial charge is 0.368 e. The number of halogens is 1. The second-order valence-electron chi connectivity index (χ2n) is 7.03. The summed E-state index contributed by atoms with van der Waals surface area (Å²) in [5, 5.41) is 7.16. The zero-order chi connectivity index (χ0) is 17.4. The molecule has 0 bridgehead atoms. The molecule has 2 aliphatic rings. The number of hydrogen-bond acceptors (Lipinski definition) is 4. The first kappa shape index (κ1) is 16.1. The predicted molar refractivity (Wildman–Crippen MR) is 92.5 cm³/mol. The van der Waals surface area contributed by atoms with Gasteiger partial charge in [-0.15, -0.1) is 0 Å². The highest BCUT2D eigenvalue weighted by Gasteiger charge is 2.43. The first-order chi connectivity index (χ1) is 12.0. The number of nitrogens with one attached hydrogen (secondary N) is 1. The van der Waals surface area contributed by atoms with E-state index in [2.05, 4.69) is 20.3 Å². The normalized spacial score (nSPS) is 19.7. The fraction of sp³-hybridized carbons (Fsp3) is 0.500. The lowest BCUT2D eigenvalue weighted by atomic mass is 9.92. The van der Waals surface area contributed by atoms with Crippen molar-refractivity contribution >= 4 is 11.6 Å². The number of hydrogen-bond donors (Lipinski definition) is 1. The number of carbonyl (C=O) groups excluding carboxylic acids is 1. The van der Waals surface area contributed by atoms with Crippen LogP contribution in [0, 0.1) is 6.92 Å². The van der Waals surface area contributed by atoms with Gasteiger partial charge in [0.1, 0.15) is 0 Å². The van der Waals surface area contributed by atoms with E-state index >= 15 is 0 Å². The van der Waals surface area contributed by atoms with Crippen molar-refractivity contribution in [1.82, 2.24) is 20.1 Å². The molecule has 1 aliphatic heterocycles. The summed E-state index contributed by atoms with van der Waals surface area (Å²) in [6, 6.07) is 2.09. The Bertz CT molecular complexity index is 777. The molecule has 6 nitrogen and oxygen atoms in total. The van der Waals surface area contributed by atoms with Crippen LogP contribution in [0.15, 0.2) is 30.9 Å². The predicted octanol–water partition coefficient (Wildman–Crippen LogP) is 2.16. The van der Waals surface area contributed by atoms with E-state index in [1.54, 1.807) is 18.6 Å². The van der Waals surface area contributed by atoms with E-state index < -0.39 is 11.6 Å². The van der Waals surface area contributed by atoms with Gasteiger partial charge in [0, 0.05) is 44.4 Å². The van der Waals surface area contributed by atoms with E-state index in [0.29, 0.717) is 13.1 Å². The number of rotatable bonds is 4. The number of amides is 1. The van der Waals surface area contributed by atoms with Crippen molar-refractivity contribution in [3.63, 3.8) is 0 Å². The van der Waals surface area contributed by atoms with Crippen LogP contribution in [0.3, 0.4) is 0 Å². The molecule has 4 rings (SSSR count). The summed E-state index contributed by atoms with van der Waals surface area (Å²) < 4.78 is 16.8. The highest BCUT2D eigenvalue weighted by Crippen LogP contribution is 2.33. The molecule has 3 heterocycles. The Balaban J connectivity index is 1.50. The Morgan fingerprint density at radius 1 is 1.28 bits per heavy atom. The molecular weight excluding hydrogens is 321 g/mol. The van der Waals surface area contributed by atoms with Crippen molar-refractivity contribution in [2.75, 3.05) is 18.0 Å². The number of pyridine rings is 1. The average Bonchev–Trinajstić information content (AvgIpc) is 3.33. The monoisotopic (exact) mass is 343 g/mol. The van der Waals surface area contributed by atoms with Gasteiger partial charge in [-0.1, -0.05) is 0 Å². The van der Waals surface area contributed by atoms with Crippen LogP contribution in [0.5, 0.6) is 0 Å². The quantitative estimate of drug-likeness (QED) is 0.924.